The molecule has 6 nitrogen and oxygen atoms in total. The second kappa shape index (κ2) is 61.2. The van der Waals surface area contributed by atoms with Crippen LogP contribution >= 0.6 is 0 Å². The van der Waals surface area contributed by atoms with Crippen LogP contribution in [-0.4, -0.2) is 37.2 Å². The summed E-state index contributed by atoms with van der Waals surface area (Å²) in [5.74, 6) is -0.849. The molecule has 0 rings (SSSR count). The van der Waals surface area contributed by atoms with Gasteiger partial charge in [0.1, 0.15) is 13.2 Å². The topological polar surface area (TPSA) is 78.9 Å². The lowest BCUT2D eigenvalue weighted by atomic mass is 10.0. The molecule has 0 heterocycles. The van der Waals surface area contributed by atoms with Gasteiger partial charge in [-0.15, -0.1) is 0 Å². The molecule has 0 aliphatic carbocycles. The summed E-state index contributed by atoms with van der Waals surface area (Å²) in [5, 5.41) is 0. The van der Waals surface area contributed by atoms with Gasteiger partial charge in [0, 0.05) is 19.3 Å². The molecule has 0 aliphatic heterocycles. The van der Waals surface area contributed by atoms with Crippen molar-refractivity contribution >= 4 is 17.9 Å². The molecule has 0 saturated carbocycles. The first-order chi connectivity index (χ1) is 35.5. The monoisotopic (exact) mass is 1010 g/mol. The minimum absolute atomic E-state index is 0.0672. The Bertz CT molecular complexity index is 1210. The molecule has 0 aromatic rings. The fourth-order valence-corrected chi connectivity index (χ4v) is 9.57. The second-order valence-electron chi connectivity index (χ2n) is 21.7. The number of ether oxygens (including phenoxy) is 3. The van der Waals surface area contributed by atoms with Gasteiger partial charge >= 0.3 is 17.9 Å². The summed E-state index contributed by atoms with van der Waals surface area (Å²) in [6.07, 6.45) is 74.5. The SMILES string of the molecule is CCCCCCC/C=C\C/C=C\C/C=C\CCCCCCCCCCCCCCC(=O)OCC(COC(=O)CCCCCCCCCCC)OC(=O)CCCCCCCCCCCCCCCCCCCC. The van der Waals surface area contributed by atoms with E-state index >= 15 is 0 Å². The maximum Gasteiger partial charge on any atom is 0.306 e. The van der Waals surface area contributed by atoms with Crippen molar-refractivity contribution in [3.8, 4) is 0 Å². The van der Waals surface area contributed by atoms with Gasteiger partial charge in [-0.05, 0) is 57.8 Å². The third-order valence-electron chi connectivity index (χ3n) is 14.4. The highest BCUT2D eigenvalue weighted by atomic mass is 16.6. The molecule has 0 N–H and O–H groups in total. The highest BCUT2D eigenvalue weighted by molar-refractivity contribution is 5.71. The van der Waals surface area contributed by atoms with Crippen LogP contribution in [0, 0.1) is 0 Å². The van der Waals surface area contributed by atoms with E-state index in [0.29, 0.717) is 19.3 Å². The summed E-state index contributed by atoms with van der Waals surface area (Å²) >= 11 is 0. The van der Waals surface area contributed by atoms with E-state index in [1.165, 1.54) is 238 Å². The maximum absolute atomic E-state index is 12.9. The fourth-order valence-electron chi connectivity index (χ4n) is 9.57. The number of unbranched alkanes of at least 4 members (excludes halogenated alkanes) is 42. The number of esters is 3. The number of rotatable bonds is 59. The fraction of sp³-hybridized carbons (Fsp3) is 0.864. The smallest absolute Gasteiger partial charge is 0.306 e. The molecule has 0 aliphatic rings. The predicted molar refractivity (Wildman–Crippen MR) is 312 cm³/mol. The Morgan fingerprint density at radius 1 is 0.278 bits per heavy atom. The van der Waals surface area contributed by atoms with Crippen molar-refractivity contribution in [3.05, 3.63) is 36.5 Å². The van der Waals surface area contributed by atoms with Crippen LogP contribution in [0.3, 0.4) is 0 Å². The predicted octanol–water partition coefficient (Wildman–Crippen LogP) is 21.6. The lowest BCUT2D eigenvalue weighted by Crippen LogP contribution is -2.30. The Morgan fingerprint density at radius 2 is 0.500 bits per heavy atom. The van der Waals surface area contributed by atoms with Crippen LogP contribution in [0.2, 0.25) is 0 Å². The van der Waals surface area contributed by atoms with Crippen molar-refractivity contribution in [1.29, 1.82) is 0 Å². The molecule has 0 aromatic heterocycles. The summed E-state index contributed by atoms with van der Waals surface area (Å²) in [6, 6.07) is 0. The lowest BCUT2D eigenvalue weighted by Gasteiger charge is -2.18. The summed E-state index contributed by atoms with van der Waals surface area (Å²) < 4.78 is 16.9. The minimum atomic E-state index is -0.767. The van der Waals surface area contributed by atoms with Crippen molar-refractivity contribution in [2.75, 3.05) is 13.2 Å². The van der Waals surface area contributed by atoms with Crippen LogP contribution in [0.1, 0.15) is 348 Å². The Morgan fingerprint density at radius 3 is 0.778 bits per heavy atom. The molecule has 0 spiro atoms. The van der Waals surface area contributed by atoms with Gasteiger partial charge in [-0.2, -0.15) is 0 Å². The van der Waals surface area contributed by atoms with Gasteiger partial charge in [-0.25, -0.2) is 0 Å². The van der Waals surface area contributed by atoms with E-state index in [9.17, 15) is 14.4 Å². The molecule has 1 unspecified atom stereocenters. The highest BCUT2D eigenvalue weighted by Crippen LogP contribution is 2.17. The molecule has 0 radical (unpaired) electrons. The Hall–Kier alpha value is -2.37. The van der Waals surface area contributed by atoms with E-state index in [4.69, 9.17) is 14.2 Å². The van der Waals surface area contributed by atoms with E-state index in [1.807, 2.05) is 0 Å². The summed E-state index contributed by atoms with van der Waals surface area (Å²) in [6.45, 7) is 6.66. The Labute approximate surface area is 448 Å². The van der Waals surface area contributed by atoms with E-state index in [2.05, 4.69) is 57.2 Å². The third-order valence-corrected chi connectivity index (χ3v) is 14.4. The van der Waals surface area contributed by atoms with Crippen molar-refractivity contribution in [3.63, 3.8) is 0 Å². The molecule has 0 saturated heterocycles. The van der Waals surface area contributed by atoms with E-state index in [-0.39, 0.29) is 31.1 Å². The Kier molecular flexibility index (Phi) is 59.2. The largest absolute Gasteiger partial charge is 0.462 e. The Balaban J connectivity index is 4.15. The normalized spacial score (nSPS) is 12.2. The summed E-state index contributed by atoms with van der Waals surface area (Å²) in [4.78, 5) is 38.2. The average Bonchev–Trinajstić information content (AvgIpc) is 3.38. The number of hydrogen-bond acceptors (Lipinski definition) is 6. The lowest BCUT2D eigenvalue weighted by molar-refractivity contribution is -0.167. The number of hydrogen-bond donors (Lipinski definition) is 0. The van der Waals surface area contributed by atoms with Crippen LogP contribution in [0.5, 0.6) is 0 Å². The van der Waals surface area contributed by atoms with Crippen LogP contribution in [0.25, 0.3) is 0 Å². The molecule has 0 bridgehead atoms. The third kappa shape index (κ3) is 58.5. The maximum atomic E-state index is 12.9. The molecule has 1 atom stereocenters. The zero-order valence-corrected chi connectivity index (χ0v) is 48.5. The molecular formula is C66H122O6. The van der Waals surface area contributed by atoms with Crippen LogP contribution in [-0.2, 0) is 28.6 Å². The van der Waals surface area contributed by atoms with Gasteiger partial charge in [0.25, 0.3) is 0 Å². The van der Waals surface area contributed by atoms with Gasteiger partial charge in [0.05, 0.1) is 0 Å². The molecule has 0 aromatic carbocycles. The van der Waals surface area contributed by atoms with E-state index < -0.39 is 6.10 Å². The minimum Gasteiger partial charge on any atom is -0.462 e. The number of carbonyl (C=O) groups is 3. The summed E-state index contributed by atoms with van der Waals surface area (Å²) in [5.41, 5.74) is 0. The van der Waals surface area contributed by atoms with Crippen molar-refractivity contribution < 1.29 is 28.6 Å². The quantitative estimate of drug-likeness (QED) is 0.0261. The first-order valence-corrected chi connectivity index (χ1v) is 32.0. The van der Waals surface area contributed by atoms with Crippen LogP contribution < -0.4 is 0 Å². The molecule has 422 valence electrons. The number of allylic oxidation sites excluding steroid dienone is 6. The first kappa shape index (κ1) is 69.6. The first-order valence-electron chi connectivity index (χ1n) is 32.0. The zero-order chi connectivity index (χ0) is 52.2. The van der Waals surface area contributed by atoms with E-state index in [0.717, 1.165) is 70.6 Å². The molecule has 0 fully saturated rings. The summed E-state index contributed by atoms with van der Waals surface area (Å²) in [7, 11) is 0. The van der Waals surface area contributed by atoms with Gasteiger partial charge in [0.2, 0.25) is 0 Å². The van der Waals surface area contributed by atoms with Gasteiger partial charge in [-0.1, -0.05) is 308 Å². The number of carbonyl (C=O) groups excluding carboxylic acids is 3. The van der Waals surface area contributed by atoms with Crippen molar-refractivity contribution in [1.82, 2.24) is 0 Å². The molecular weight excluding hydrogens is 889 g/mol. The second-order valence-corrected chi connectivity index (χ2v) is 21.7. The van der Waals surface area contributed by atoms with Crippen LogP contribution in [0.4, 0.5) is 0 Å². The van der Waals surface area contributed by atoms with E-state index in [1.54, 1.807) is 0 Å². The van der Waals surface area contributed by atoms with Gasteiger partial charge in [0.15, 0.2) is 6.10 Å². The average molecular weight is 1010 g/mol. The van der Waals surface area contributed by atoms with Gasteiger partial charge < -0.3 is 14.2 Å². The highest BCUT2D eigenvalue weighted by Gasteiger charge is 2.19. The standard InChI is InChI=1S/C66H122O6/c1-4-7-10-13-16-19-21-23-25-27-29-30-31-32-33-34-35-36-37-39-40-42-44-47-50-53-56-59-65(68)71-62-63(61-70-64(67)58-55-52-49-46-18-15-12-9-6-3)72-66(69)60-57-54-51-48-45-43-41-38-28-26-24-22-20-17-14-11-8-5-2/h21,23,27,29,31-32,63H,4-20,22,24-26,28,30,33-62H2,1-3H3/b23-21-,29-27-,32-31-. The van der Waals surface area contributed by atoms with Crippen molar-refractivity contribution in [2.24, 2.45) is 0 Å². The van der Waals surface area contributed by atoms with Gasteiger partial charge in [-0.3, -0.25) is 14.4 Å². The van der Waals surface area contributed by atoms with Crippen molar-refractivity contribution in [2.45, 2.75) is 354 Å². The molecule has 6 heteroatoms. The van der Waals surface area contributed by atoms with Crippen LogP contribution in [0.15, 0.2) is 36.5 Å². The molecule has 72 heavy (non-hydrogen) atoms. The zero-order valence-electron chi connectivity index (χ0n) is 48.5. The molecule has 0 amide bonds.